The number of aryl methyl sites for hydroxylation is 1. The van der Waals surface area contributed by atoms with E-state index in [1.807, 2.05) is 50.2 Å². The zero-order valence-electron chi connectivity index (χ0n) is 22.7. The monoisotopic (exact) mass is 531 g/mol. The third kappa shape index (κ3) is 9.39. The highest BCUT2D eigenvalue weighted by atomic mass is 32.2. The number of rotatable bonds is 15. The molecule has 1 atom stereocenters. The van der Waals surface area contributed by atoms with Crippen molar-refractivity contribution in [3.8, 4) is 5.75 Å². The minimum Gasteiger partial charge on any atom is -0.497 e. The van der Waals surface area contributed by atoms with Crippen molar-refractivity contribution >= 4 is 27.5 Å². The van der Waals surface area contributed by atoms with Crippen molar-refractivity contribution in [2.75, 3.05) is 30.8 Å². The number of amides is 2. The number of hydrogen-bond acceptors (Lipinski definition) is 5. The quantitative estimate of drug-likeness (QED) is 0.346. The largest absolute Gasteiger partial charge is 0.497 e. The van der Waals surface area contributed by atoms with Crippen LogP contribution in [0.5, 0.6) is 5.75 Å². The molecular formula is C28H41N3O5S. The Bertz CT molecular complexity index is 1100. The second-order valence-corrected chi connectivity index (χ2v) is 11.1. The van der Waals surface area contributed by atoms with Crippen LogP contribution in [-0.4, -0.2) is 57.6 Å². The summed E-state index contributed by atoms with van der Waals surface area (Å²) in [4.78, 5) is 28.1. The highest BCUT2D eigenvalue weighted by Crippen LogP contribution is 2.21. The number of ether oxygens (including phenoxy) is 1. The SMILES string of the molecule is CCCCNC(=O)[C@@H](CC)N(Cc1ccc(OC)cc1)C(=O)CCCN(c1ccc(C)cc1)S(C)(=O)=O. The Hall–Kier alpha value is -3.07. The van der Waals surface area contributed by atoms with Crippen LogP contribution in [0.25, 0.3) is 0 Å². The second kappa shape index (κ2) is 14.6. The molecule has 1 N–H and O–H groups in total. The average molecular weight is 532 g/mol. The van der Waals surface area contributed by atoms with Crippen LogP contribution in [0.15, 0.2) is 48.5 Å². The summed E-state index contributed by atoms with van der Waals surface area (Å²) in [5.41, 5.74) is 2.48. The van der Waals surface area contributed by atoms with Gasteiger partial charge in [-0.1, -0.05) is 50.1 Å². The van der Waals surface area contributed by atoms with E-state index in [1.165, 1.54) is 10.6 Å². The fourth-order valence-corrected chi connectivity index (χ4v) is 5.03. The first kappa shape index (κ1) is 30.2. The van der Waals surface area contributed by atoms with Gasteiger partial charge in [0.15, 0.2) is 0 Å². The van der Waals surface area contributed by atoms with Gasteiger partial charge in [0, 0.05) is 26.1 Å². The number of carbonyl (C=O) groups excluding carboxylic acids is 2. The smallest absolute Gasteiger partial charge is 0.242 e. The molecule has 0 aliphatic heterocycles. The van der Waals surface area contributed by atoms with Crippen LogP contribution in [0.2, 0.25) is 0 Å². The van der Waals surface area contributed by atoms with Crippen LogP contribution < -0.4 is 14.4 Å². The maximum absolute atomic E-state index is 13.5. The molecule has 0 heterocycles. The van der Waals surface area contributed by atoms with E-state index >= 15 is 0 Å². The minimum absolute atomic E-state index is 0.118. The second-order valence-electron chi connectivity index (χ2n) is 9.21. The van der Waals surface area contributed by atoms with Crippen molar-refractivity contribution in [3.05, 3.63) is 59.7 Å². The van der Waals surface area contributed by atoms with Crippen LogP contribution in [-0.2, 0) is 26.2 Å². The van der Waals surface area contributed by atoms with Crippen molar-refractivity contribution in [1.82, 2.24) is 10.2 Å². The molecule has 2 aromatic carbocycles. The van der Waals surface area contributed by atoms with Crippen LogP contribution in [0.3, 0.4) is 0 Å². The molecule has 0 aromatic heterocycles. The van der Waals surface area contributed by atoms with Crippen LogP contribution in [0.1, 0.15) is 57.1 Å². The molecule has 2 rings (SSSR count). The molecule has 0 unspecified atom stereocenters. The van der Waals surface area contributed by atoms with Crippen molar-refractivity contribution in [1.29, 1.82) is 0 Å². The normalized spacial score (nSPS) is 12.0. The molecule has 2 aromatic rings. The molecule has 0 saturated heterocycles. The molecule has 0 aliphatic carbocycles. The number of methoxy groups -OCH3 is 1. The lowest BCUT2D eigenvalue weighted by atomic mass is 10.1. The molecule has 0 bridgehead atoms. The lowest BCUT2D eigenvalue weighted by Gasteiger charge is -2.31. The van der Waals surface area contributed by atoms with Crippen molar-refractivity contribution < 1.29 is 22.7 Å². The number of unbranched alkanes of at least 4 members (excludes halogenated alkanes) is 1. The van der Waals surface area contributed by atoms with E-state index in [0.717, 1.165) is 24.0 Å². The maximum Gasteiger partial charge on any atom is 0.242 e. The molecule has 0 radical (unpaired) electrons. The number of sulfonamides is 1. The zero-order valence-corrected chi connectivity index (χ0v) is 23.5. The van der Waals surface area contributed by atoms with Gasteiger partial charge in [0.1, 0.15) is 11.8 Å². The fraction of sp³-hybridized carbons (Fsp3) is 0.500. The molecule has 0 aliphatic rings. The van der Waals surface area contributed by atoms with E-state index in [0.29, 0.717) is 30.8 Å². The summed E-state index contributed by atoms with van der Waals surface area (Å²) in [5.74, 6) is 0.351. The van der Waals surface area contributed by atoms with Gasteiger partial charge in [-0.2, -0.15) is 0 Å². The Morgan fingerprint density at radius 2 is 1.65 bits per heavy atom. The molecule has 0 saturated carbocycles. The molecule has 204 valence electrons. The van der Waals surface area contributed by atoms with Crippen LogP contribution in [0.4, 0.5) is 5.69 Å². The van der Waals surface area contributed by atoms with Gasteiger partial charge in [-0.05, 0) is 56.0 Å². The molecule has 0 spiro atoms. The van der Waals surface area contributed by atoms with Crippen molar-refractivity contribution in [3.63, 3.8) is 0 Å². The first-order valence-electron chi connectivity index (χ1n) is 12.8. The number of benzene rings is 2. The summed E-state index contributed by atoms with van der Waals surface area (Å²) in [6.07, 6.45) is 3.91. The summed E-state index contributed by atoms with van der Waals surface area (Å²) in [5, 5.41) is 2.95. The summed E-state index contributed by atoms with van der Waals surface area (Å²) in [6, 6.07) is 14.0. The van der Waals surface area contributed by atoms with Crippen molar-refractivity contribution in [2.45, 2.75) is 65.5 Å². The zero-order chi connectivity index (χ0) is 27.4. The molecular weight excluding hydrogens is 490 g/mol. The van der Waals surface area contributed by atoms with E-state index in [-0.39, 0.29) is 31.3 Å². The highest BCUT2D eigenvalue weighted by molar-refractivity contribution is 7.92. The lowest BCUT2D eigenvalue weighted by Crippen LogP contribution is -2.49. The van der Waals surface area contributed by atoms with Gasteiger partial charge in [-0.15, -0.1) is 0 Å². The van der Waals surface area contributed by atoms with Gasteiger partial charge in [-0.25, -0.2) is 8.42 Å². The van der Waals surface area contributed by atoms with Crippen LogP contribution >= 0.6 is 0 Å². The Balaban J connectivity index is 2.19. The van der Waals surface area contributed by atoms with E-state index in [2.05, 4.69) is 12.2 Å². The van der Waals surface area contributed by atoms with Gasteiger partial charge in [0.2, 0.25) is 21.8 Å². The molecule has 0 fully saturated rings. The lowest BCUT2D eigenvalue weighted by molar-refractivity contribution is -0.141. The van der Waals surface area contributed by atoms with Gasteiger partial charge in [0.05, 0.1) is 19.1 Å². The molecule has 9 heteroatoms. The average Bonchev–Trinajstić information content (AvgIpc) is 2.87. The fourth-order valence-electron chi connectivity index (χ4n) is 4.07. The number of anilines is 1. The minimum atomic E-state index is -3.52. The standard InChI is InChI=1S/C28H41N3O5S/c1-6-8-19-29-28(33)26(7-2)30(21-23-13-17-25(36-4)18-14-23)27(32)10-9-20-31(37(5,34)35)24-15-11-22(3)12-16-24/h11-18,26H,6-10,19-21H2,1-5H3,(H,29,33)/t26-/m1/s1. The Morgan fingerprint density at radius 1 is 1.00 bits per heavy atom. The number of hydrogen-bond donors (Lipinski definition) is 1. The van der Waals surface area contributed by atoms with E-state index in [4.69, 9.17) is 4.74 Å². The molecule has 2 amide bonds. The van der Waals surface area contributed by atoms with Gasteiger partial charge >= 0.3 is 0 Å². The maximum atomic E-state index is 13.5. The summed E-state index contributed by atoms with van der Waals surface area (Å²) >= 11 is 0. The topological polar surface area (TPSA) is 96.0 Å². The first-order chi connectivity index (χ1) is 17.6. The van der Waals surface area contributed by atoms with Gasteiger partial charge < -0.3 is 15.0 Å². The van der Waals surface area contributed by atoms with E-state index in [9.17, 15) is 18.0 Å². The third-order valence-electron chi connectivity index (χ3n) is 6.20. The van der Waals surface area contributed by atoms with Gasteiger partial charge in [-0.3, -0.25) is 13.9 Å². The number of nitrogens with one attached hydrogen (secondary N) is 1. The number of nitrogens with zero attached hydrogens (tertiary/aromatic N) is 2. The van der Waals surface area contributed by atoms with Gasteiger partial charge in [0.25, 0.3) is 0 Å². The Labute approximate surface area is 222 Å². The van der Waals surface area contributed by atoms with Crippen LogP contribution in [0, 0.1) is 6.92 Å². The summed E-state index contributed by atoms with van der Waals surface area (Å²) in [7, 11) is -1.93. The van der Waals surface area contributed by atoms with Crippen molar-refractivity contribution in [2.24, 2.45) is 0 Å². The molecule has 37 heavy (non-hydrogen) atoms. The number of carbonyl (C=O) groups is 2. The predicted octanol–water partition coefficient (Wildman–Crippen LogP) is 4.27. The predicted molar refractivity (Wildman–Crippen MR) is 148 cm³/mol. The van der Waals surface area contributed by atoms with E-state index in [1.54, 1.807) is 24.1 Å². The Morgan fingerprint density at radius 3 is 2.19 bits per heavy atom. The first-order valence-corrected chi connectivity index (χ1v) is 14.7. The van der Waals surface area contributed by atoms with E-state index < -0.39 is 16.1 Å². The highest BCUT2D eigenvalue weighted by Gasteiger charge is 2.28. The summed E-state index contributed by atoms with van der Waals surface area (Å²) in [6.45, 7) is 6.89. The molecule has 8 nitrogen and oxygen atoms in total. The Kier molecular flexibility index (Phi) is 11.9. The third-order valence-corrected chi connectivity index (χ3v) is 7.40. The summed E-state index contributed by atoms with van der Waals surface area (Å²) < 4.78 is 31.5.